The highest BCUT2D eigenvalue weighted by molar-refractivity contribution is 5.91. The first-order valence-electron chi connectivity index (χ1n) is 5.66. The summed E-state index contributed by atoms with van der Waals surface area (Å²) in [5.74, 6) is 1.15. The van der Waals surface area contributed by atoms with Crippen molar-refractivity contribution < 1.29 is 0 Å². The molecule has 15 heavy (non-hydrogen) atoms. The second-order valence-electron chi connectivity index (χ2n) is 3.23. The Balaban J connectivity index is 0.000000921. The third-order valence-electron chi connectivity index (χ3n) is 2.09. The van der Waals surface area contributed by atoms with Crippen molar-refractivity contribution in [2.45, 2.75) is 26.7 Å². The van der Waals surface area contributed by atoms with Gasteiger partial charge in [-0.05, 0) is 31.4 Å². The number of allylic oxidation sites excluding steroid dienone is 3. The molecule has 0 fully saturated rings. The van der Waals surface area contributed by atoms with Gasteiger partial charge in [0.15, 0.2) is 0 Å². The minimum Gasteiger partial charge on any atom is -0.384 e. The van der Waals surface area contributed by atoms with E-state index in [0.29, 0.717) is 11.8 Å². The van der Waals surface area contributed by atoms with Crippen LogP contribution in [0.1, 0.15) is 26.7 Å². The van der Waals surface area contributed by atoms with Gasteiger partial charge < -0.3 is 11.5 Å². The van der Waals surface area contributed by atoms with E-state index < -0.39 is 0 Å². The molecule has 4 N–H and O–H groups in total. The highest BCUT2D eigenvalue weighted by atomic mass is 14.8. The summed E-state index contributed by atoms with van der Waals surface area (Å²) in [7, 11) is 0. The Morgan fingerprint density at radius 1 is 1.40 bits per heavy atom. The van der Waals surface area contributed by atoms with Crippen LogP contribution in [0.5, 0.6) is 0 Å². The zero-order valence-electron chi connectivity index (χ0n) is 9.82. The van der Waals surface area contributed by atoms with Crippen molar-refractivity contribution in [1.82, 2.24) is 0 Å². The maximum atomic E-state index is 5.63. The molecule has 1 rings (SSSR count). The topological polar surface area (TPSA) is 64.4 Å². The molecule has 0 aromatic carbocycles. The lowest BCUT2D eigenvalue weighted by atomic mass is 10.0. The van der Waals surface area contributed by atoms with E-state index >= 15 is 0 Å². The van der Waals surface area contributed by atoms with Crippen LogP contribution in [0.15, 0.2) is 29.3 Å². The quantitative estimate of drug-likeness (QED) is 0.729. The van der Waals surface area contributed by atoms with E-state index in [4.69, 9.17) is 11.5 Å². The number of amidine groups is 1. The summed E-state index contributed by atoms with van der Waals surface area (Å²) in [6.07, 6.45) is 9.95. The molecule has 1 heterocycles. The SMILES string of the molecule is CC.NCCC1C/C=C\C=C/C(N)=NC1. The van der Waals surface area contributed by atoms with E-state index in [1.54, 1.807) is 0 Å². The first-order valence-corrected chi connectivity index (χ1v) is 5.66. The molecule has 0 spiro atoms. The molecule has 1 unspecified atom stereocenters. The average molecular weight is 209 g/mol. The molecule has 0 radical (unpaired) electrons. The Bertz CT molecular complexity index is 229. The molecule has 3 nitrogen and oxygen atoms in total. The molecular weight excluding hydrogens is 186 g/mol. The number of hydrogen-bond donors (Lipinski definition) is 2. The summed E-state index contributed by atoms with van der Waals surface area (Å²) in [6, 6.07) is 0. The molecule has 0 amide bonds. The maximum absolute atomic E-state index is 5.63. The van der Waals surface area contributed by atoms with Gasteiger partial charge in [0.25, 0.3) is 0 Å². The van der Waals surface area contributed by atoms with Crippen LogP contribution in [-0.4, -0.2) is 18.9 Å². The van der Waals surface area contributed by atoms with Crippen LogP contribution in [0.3, 0.4) is 0 Å². The first-order chi connectivity index (χ1) is 7.33. The normalized spacial score (nSPS) is 24.7. The molecule has 1 aliphatic heterocycles. The van der Waals surface area contributed by atoms with Gasteiger partial charge in [-0.15, -0.1) is 0 Å². The van der Waals surface area contributed by atoms with Gasteiger partial charge in [-0.2, -0.15) is 0 Å². The first kappa shape index (κ1) is 13.9. The van der Waals surface area contributed by atoms with Crippen LogP contribution < -0.4 is 11.5 Å². The molecular formula is C12H23N3. The Hall–Kier alpha value is -1.09. The fourth-order valence-electron chi connectivity index (χ4n) is 1.31. The molecule has 0 aliphatic carbocycles. The fraction of sp³-hybridized carbons (Fsp3) is 0.583. The number of nitrogens with zero attached hydrogens (tertiary/aromatic N) is 1. The number of hydrogen-bond acceptors (Lipinski definition) is 3. The Morgan fingerprint density at radius 2 is 2.13 bits per heavy atom. The number of aliphatic imine (C=N–C) groups is 1. The predicted octanol–water partition coefficient (Wildman–Crippen LogP) is 1.85. The van der Waals surface area contributed by atoms with Crippen molar-refractivity contribution in [3.63, 3.8) is 0 Å². The molecule has 86 valence electrons. The minimum absolute atomic E-state index is 0.541. The van der Waals surface area contributed by atoms with Crippen LogP contribution >= 0.6 is 0 Å². The van der Waals surface area contributed by atoms with Gasteiger partial charge in [-0.3, -0.25) is 4.99 Å². The van der Waals surface area contributed by atoms with Gasteiger partial charge in [0.2, 0.25) is 0 Å². The smallest absolute Gasteiger partial charge is 0.118 e. The van der Waals surface area contributed by atoms with Crippen LogP contribution in [0.4, 0.5) is 0 Å². The predicted molar refractivity (Wildman–Crippen MR) is 67.9 cm³/mol. The Morgan fingerprint density at radius 3 is 2.80 bits per heavy atom. The summed E-state index contributed by atoms with van der Waals surface area (Å²) in [6.45, 7) is 5.51. The summed E-state index contributed by atoms with van der Waals surface area (Å²) in [4.78, 5) is 4.26. The second kappa shape index (κ2) is 9.46. The molecule has 1 atom stereocenters. The molecule has 1 aliphatic rings. The van der Waals surface area contributed by atoms with Crippen LogP contribution in [-0.2, 0) is 0 Å². The average Bonchev–Trinajstić information content (AvgIpc) is 2.36. The Kier molecular flexibility index (Phi) is 8.78. The standard InChI is InChI=1S/C10H17N3.C2H6/c11-7-6-9-4-2-1-3-5-10(12)13-8-9;1-2/h1-3,5,9H,4,6-8,11H2,(H2,12,13);1-2H3/b2-1-,5-3-;. The molecule has 0 saturated heterocycles. The summed E-state index contributed by atoms with van der Waals surface area (Å²) < 4.78 is 0. The lowest BCUT2D eigenvalue weighted by Crippen LogP contribution is -2.14. The monoisotopic (exact) mass is 209 g/mol. The third-order valence-corrected chi connectivity index (χ3v) is 2.09. The molecule has 0 saturated carbocycles. The van der Waals surface area contributed by atoms with Crippen molar-refractivity contribution in [2.75, 3.05) is 13.1 Å². The van der Waals surface area contributed by atoms with Crippen molar-refractivity contribution in [1.29, 1.82) is 0 Å². The van der Waals surface area contributed by atoms with Gasteiger partial charge >= 0.3 is 0 Å². The highest BCUT2D eigenvalue weighted by Gasteiger charge is 2.05. The van der Waals surface area contributed by atoms with Crippen molar-refractivity contribution in [3.8, 4) is 0 Å². The lowest BCUT2D eigenvalue weighted by molar-refractivity contribution is 0.511. The van der Waals surface area contributed by atoms with E-state index in [0.717, 1.165) is 25.9 Å². The summed E-state index contributed by atoms with van der Waals surface area (Å²) in [5.41, 5.74) is 11.1. The fourth-order valence-corrected chi connectivity index (χ4v) is 1.31. The molecule has 0 aromatic heterocycles. The van der Waals surface area contributed by atoms with E-state index in [-0.39, 0.29) is 0 Å². The van der Waals surface area contributed by atoms with Gasteiger partial charge in [-0.1, -0.05) is 32.1 Å². The van der Waals surface area contributed by atoms with E-state index in [9.17, 15) is 0 Å². The van der Waals surface area contributed by atoms with Gasteiger partial charge in [0.1, 0.15) is 5.84 Å². The van der Waals surface area contributed by atoms with Crippen molar-refractivity contribution in [3.05, 3.63) is 24.3 Å². The van der Waals surface area contributed by atoms with Gasteiger partial charge in [0.05, 0.1) is 0 Å². The van der Waals surface area contributed by atoms with Gasteiger partial charge in [-0.25, -0.2) is 0 Å². The third kappa shape index (κ3) is 6.91. The zero-order chi connectivity index (χ0) is 11.5. The van der Waals surface area contributed by atoms with E-state index in [1.807, 2.05) is 32.1 Å². The summed E-state index contributed by atoms with van der Waals surface area (Å²) in [5, 5.41) is 0. The largest absolute Gasteiger partial charge is 0.384 e. The van der Waals surface area contributed by atoms with Crippen LogP contribution in [0, 0.1) is 5.92 Å². The van der Waals surface area contributed by atoms with Crippen molar-refractivity contribution >= 4 is 5.84 Å². The van der Waals surface area contributed by atoms with Crippen LogP contribution in [0.2, 0.25) is 0 Å². The van der Waals surface area contributed by atoms with E-state index in [2.05, 4.69) is 11.1 Å². The number of nitrogens with two attached hydrogens (primary N) is 2. The molecule has 3 heteroatoms. The Labute approximate surface area is 92.9 Å². The van der Waals surface area contributed by atoms with Crippen LogP contribution in [0.25, 0.3) is 0 Å². The highest BCUT2D eigenvalue weighted by Crippen LogP contribution is 2.10. The zero-order valence-corrected chi connectivity index (χ0v) is 9.82. The molecule has 0 aromatic rings. The molecule has 0 bridgehead atoms. The summed E-state index contributed by atoms with van der Waals surface area (Å²) >= 11 is 0. The van der Waals surface area contributed by atoms with E-state index in [1.165, 1.54) is 0 Å². The number of rotatable bonds is 2. The van der Waals surface area contributed by atoms with Gasteiger partial charge in [0, 0.05) is 6.54 Å². The maximum Gasteiger partial charge on any atom is 0.118 e. The second-order valence-corrected chi connectivity index (χ2v) is 3.23. The van der Waals surface area contributed by atoms with Crippen molar-refractivity contribution in [2.24, 2.45) is 22.4 Å². The minimum atomic E-state index is 0.541. The lowest BCUT2D eigenvalue weighted by Gasteiger charge is -2.10.